The molecule has 1 fully saturated rings. The van der Waals surface area contributed by atoms with E-state index in [0.717, 1.165) is 23.0 Å². The van der Waals surface area contributed by atoms with Crippen LogP contribution in [-0.2, 0) is 0 Å². The minimum Gasteiger partial charge on any atom is -0.396 e. The number of hydrogen-bond acceptors (Lipinski definition) is 5. The van der Waals surface area contributed by atoms with E-state index in [-0.39, 0.29) is 5.91 Å². The van der Waals surface area contributed by atoms with Crippen molar-refractivity contribution in [2.45, 2.75) is 25.7 Å². The van der Waals surface area contributed by atoms with E-state index in [9.17, 15) is 4.79 Å². The van der Waals surface area contributed by atoms with Crippen LogP contribution in [0.3, 0.4) is 0 Å². The summed E-state index contributed by atoms with van der Waals surface area (Å²) in [5.41, 5.74) is 6.82. The molecule has 0 aromatic carbocycles. The predicted octanol–water partition coefficient (Wildman–Crippen LogP) is 2.89. The number of carbonyl (C=O) groups is 1. The second kappa shape index (κ2) is 6.26. The quantitative estimate of drug-likeness (QED) is 0.839. The zero-order valence-corrected chi connectivity index (χ0v) is 14.2. The molecule has 0 aliphatic carbocycles. The van der Waals surface area contributed by atoms with Gasteiger partial charge in [-0.25, -0.2) is 0 Å². The average Bonchev–Trinajstić information content (AvgIpc) is 2.90. The maximum Gasteiger partial charge on any atom is 0.263 e. The van der Waals surface area contributed by atoms with Gasteiger partial charge in [-0.1, -0.05) is 13.8 Å². The Kier molecular flexibility index (Phi) is 4.86. The lowest BCUT2D eigenvalue weighted by atomic mass is 10.0. The summed E-state index contributed by atoms with van der Waals surface area (Å²) >= 11 is 3.16. The van der Waals surface area contributed by atoms with Gasteiger partial charge < -0.3 is 16.0 Å². The molecule has 1 aliphatic heterocycles. The fraction of sp³-hybridized carbons (Fsp3) is 0.643. The molecule has 0 saturated carbocycles. The number of thiophene rings is 1. The number of anilines is 2. The van der Waals surface area contributed by atoms with Gasteiger partial charge in [-0.05, 0) is 25.0 Å². The normalized spacial score (nSPS) is 22.3. The molecular formula is C14H23N3OS2. The van der Waals surface area contributed by atoms with Crippen molar-refractivity contribution < 1.29 is 4.79 Å². The topological polar surface area (TPSA) is 58.4 Å². The minimum absolute atomic E-state index is 0.0585. The highest BCUT2D eigenvalue weighted by molar-refractivity contribution is 7.99. The minimum atomic E-state index is -0.0585. The van der Waals surface area contributed by atoms with Crippen LogP contribution in [0.25, 0.3) is 0 Å². The molecule has 3 N–H and O–H groups in total. The molecule has 2 atom stereocenters. The number of carbonyl (C=O) groups excluding carboxylic acids is 1. The van der Waals surface area contributed by atoms with E-state index in [2.05, 4.69) is 24.1 Å². The average molecular weight is 313 g/mol. The lowest BCUT2D eigenvalue weighted by Crippen LogP contribution is -2.22. The summed E-state index contributed by atoms with van der Waals surface area (Å²) < 4.78 is 0. The van der Waals surface area contributed by atoms with Gasteiger partial charge in [0.2, 0.25) is 0 Å². The van der Waals surface area contributed by atoms with Crippen LogP contribution in [0.5, 0.6) is 0 Å². The van der Waals surface area contributed by atoms with E-state index in [1.165, 1.54) is 11.3 Å². The molecule has 0 radical (unpaired) electrons. The molecule has 0 bridgehead atoms. The van der Waals surface area contributed by atoms with Crippen LogP contribution in [0.4, 0.5) is 10.7 Å². The van der Waals surface area contributed by atoms with Gasteiger partial charge in [-0.15, -0.1) is 23.1 Å². The number of amides is 1. The summed E-state index contributed by atoms with van der Waals surface area (Å²) in [4.78, 5) is 16.2. The molecule has 1 aliphatic rings. The Morgan fingerprint density at radius 1 is 1.45 bits per heavy atom. The van der Waals surface area contributed by atoms with Gasteiger partial charge in [0.25, 0.3) is 5.91 Å². The number of hydrogen-bond donors (Lipinski definition) is 2. The molecule has 2 rings (SSSR count). The van der Waals surface area contributed by atoms with Crippen LogP contribution in [-0.4, -0.2) is 31.8 Å². The summed E-state index contributed by atoms with van der Waals surface area (Å²) in [6, 6.07) is 0. The predicted molar refractivity (Wildman–Crippen MR) is 89.1 cm³/mol. The number of thioether (sulfide) groups is 1. The van der Waals surface area contributed by atoms with Crippen LogP contribution in [0.15, 0.2) is 4.90 Å². The molecule has 4 nitrogen and oxygen atoms in total. The highest BCUT2D eigenvalue weighted by Gasteiger charge is 2.31. The molecule has 1 amide bonds. The molecule has 20 heavy (non-hydrogen) atoms. The Morgan fingerprint density at radius 2 is 2.05 bits per heavy atom. The first-order valence-corrected chi connectivity index (χ1v) is 9.03. The Labute approximate surface area is 129 Å². The van der Waals surface area contributed by atoms with Crippen molar-refractivity contribution in [1.82, 2.24) is 5.32 Å². The van der Waals surface area contributed by atoms with Crippen molar-refractivity contribution in [1.29, 1.82) is 0 Å². The number of nitrogens with two attached hydrogens (primary N) is 1. The van der Waals surface area contributed by atoms with Crippen molar-refractivity contribution in [2.24, 2.45) is 11.8 Å². The van der Waals surface area contributed by atoms with Crippen molar-refractivity contribution in [3.05, 3.63) is 4.88 Å². The molecule has 112 valence electrons. The zero-order valence-electron chi connectivity index (χ0n) is 12.5. The van der Waals surface area contributed by atoms with Crippen LogP contribution in [0.2, 0.25) is 0 Å². The summed E-state index contributed by atoms with van der Waals surface area (Å²) in [7, 11) is 0. The highest BCUT2D eigenvalue weighted by atomic mass is 32.2. The van der Waals surface area contributed by atoms with Crippen LogP contribution >= 0.6 is 23.1 Å². The first kappa shape index (κ1) is 15.5. The fourth-order valence-electron chi connectivity index (χ4n) is 2.53. The molecule has 6 heteroatoms. The lowest BCUT2D eigenvalue weighted by Gasteiger charge is -2.17. The van der Waals surface area contributed by atoms with E-state index < -0.39 is 0 Å². The van der Waals surface area contributed by atoms with E-state index in [0.29, 0.717) is 28.9 Å². The van der Waals surface area contributed by atoms with Crippen LogP contribution in [0.1, 0.15) is 30.4 Å². The number of nitrogens with zero attached hydrogens (tertiary/aromatic N) is 1. The summed E-state index contributed by atoms with van der Waals surface area (Å²) in [6.45, 7) is 9.20. The smallest absolute Gasteiger partial charge is 0.263 e. The third-order valence-electron chi connectivity index (χ3n) is 3.91. The Morgan fingerprint density at radius 3 is 2.55 bits per heavy atom. The molecule has 1 aromatic rings. The van der Waals surface area contributed by atoms with E-state index in [4.69, 9.17) is 5.73 Å². The highest BCUT2D eigenvalue weighted by Crippen LogP contribution is 2.45. The van der Waals surface area contributed by atoms with Crippen molar-refractivity contribution in [2.75, 3.05) is 36.5 Å². The van der Waals surface area contributed by atoms with Gasteiger partial charge >= 0.3 is 0 Å². The largest absolute Gasteiger partial charge is 0.396 e. The van der Waals surface area contributed by atoms with E-state index in [1.54, 1.807) is 11.8 Å². The second-order valence-corrected chi connectivity index (χ2v) is 7.22. The van der Waals surface area contributed by atoms with Gasteiger partial charge in [-0.3, -0.25) is 4.79 Å². The summed E-state index contributed by atoms with van der Waals surface area (Å²) in [5, 5.41) is 4.00. The van der Waals surface area contributed by atoms with E-state index in [1.807, 2.05) is 13.2 Å². The van der Waals surface area contributed by atoms with Crippen LogP contribution in [0, 0.1) is 11.8 Å². The van der Waals surface area contributed by atoms with Crippen molar-refractivity contribution in [3.63, 3.8) is 0 Å². The molecule has 2 heterocycles. The summed E-state index contributed by atoms with van der Waals surface area (Å²) in [5.74, 6) is 1.30. The number of rotatable bonds is 4. The molecule has 0 spiro atoms. The van der Waals surface area contributed by atoms with Gasteiger partial charge in [-0.2, -0.15) is 0 Å². The van der Waals surface area contributed by atoms with Crippen molar-refractivity contribution >= 4 is 39.7 Å². The van der Waals surface area contributed by atoms with E-state index >= 15 is 0 Å². The first-order chi connectivity index (χ1) is 9.49. The monoisotopic (exact) mass is 313 g/mol. The van der Waals surface area contributed by atoms with Gasteiger partial charge in [0.15, 0.2) is 0 Å². The SMILES string of the molecule is CCNC(=O)c1sc(N2CC(C)C(C)C2)c(SC)c1N. The third kappa shape index (κ3) is 2.76. The fourth-order valence-corrected chi connectivity index (χ4v) is 4.64. The second-order valence-electron chi connectivity index (χ2n) is 5.40. The molecule has 1 aromatic heterocycles. The first-order valence-electron chi connectivity index (χ1n) is 6.98. The maximum atomic E-state index is 12.1. The zero-order chi connectivity index (χ0) is 14.9. The third-order valence-corrected chi connectivity index (χ3v) is 6.12. The van der Waals surface area contributed by atoms with Crippen molar-refractivity contribution in [3.8, 4) is 0 Å². The Balaban J connectivity index is 2.34. The number of nitrogen functional groups attached to an aromatic ring is 1. The van der Waals surface area contributed by atoms with Gasteiger partial charge in [0.1, 0.15) is 9.88 Å². The molecule has 2 unspecified atom stereocenters. The number of nitrogens with one attached hydrogen (secondary N) is 1. The lowest BCUT2D eigenvalue weighted by molar-refractivity contribution is 0.0960. The van der Waals surface area contributed by atoms with Gasteiger partial charge in [0, 0.05) is 19.6 Å². The molecular weight excluding hydrogens is 290 g/mol. The molecule has 1 saturated heterocycles. The Bertz CT molecular complexity index is 491. The van der Waals surface area contributed by atoms with Gasteiger partial charge in [0.05, 0.1) is 10.6 Å². The summed E-state index contributed by atoms with van der Waals surface area (Å²) in [6.07, 6.45) is 2.02. The maximum absolute atomic E-state index is 12.1. The van der Waals surface area contributed by atoms with Crippen LogP contribution < -0.4 is 16.0 Å². The standard InChI is InChI=1S/C14H23N3OS2/c1-5-16-13(18)11-10(15)12(19-4)14(20-11)17-6-8(2)9(3)7-17/h8-9H,5-7,15H2,1-4H3,(H,16,18). The Hall–Kier alpha value is -0.880.